The monoisotopic (exact) mass is 364 g/mol. The number of imidazole rings is 1. The van der Waals surface area contributed by atoms with Gasteiger partial charge in [-0.15, -0.1) is 0 Å². The maximum atomic E-state index is 11.9. The minimum Gasteiger partial charge on any atom is -0.493 e. The predicted molar refractivity (Wildman–Crippen MR) is 105 cm³/mol. The number of fused-ring (bicyclic) bond motifs is 1. The van der Waals surface area contributed by atoms with Crippen molar-refractivity contribution in [2.45, 2.75) is 0 Å². The molecule has 1 N–H and O–H groups in total. The van der Waals surface area contributed by atoms with Crippen molar-refractivity contribution in [3.8, 4) is 11.5 Å². The molecule has 0 spiro atoms. The lowest BCUT2D eigenvalue weighted by Crippen LogP contribution is -2.01. The van der Waals surface area contributed by atoms with Gasteiger partial charge in [0, 0.05) is 0 Å². The zero-order valence-electron chi connectivity index (χ0n) is 15.2. The SMILES string of the molecule is C=CCOc1ccc(/C=C/c2nc3c(C(=O)OC)cccc3[nH]2)cc1OC. The molecule has 0 atom stereocenters. The summed E-state index contributed by atoms with van der Waals surface area (Å²) in [5.41, 5.74) is 2.70. The van der Waals surface area contributed by atoms with Crippen LogP contribution in [0.15, 0.2) is 49.1 Å². The van der Waals surface area contributed by atoms with Crippen molar-refractivity contribution >= 4 is 29.2 Å². The average Bonchev–Trinajstić information content (AvgIpc) is 3.13. The number of hydrogen-bond acceptors (Lipinski definition) is 5. The van der Waals surface area contributed by atoms with E-state index in [0.29, 0.717) is 35.0 Å². The molecular weight excluding hydrogens is 344 g/mol. The van der Waals surface area contributed by atoms with E-state index >= 15 is 0 Å². The Labute approximate surface area is 157 Å². The molecule has 0 aliphatic carbocycles. The number of para-hydroxylation sites is 1. The van der Waals surface area contributed by atoms with E-state index in [1.807, 2.05) is 36.4 Å². The van der Waals surface area contributed by atoms with Crippen LogP contribution in [-0.4, -0.2) is 36.8 Å². The van der Waals surface area contributed by atoms with Gasteiger partial charge in [-0.25, -0.2) is 9.78 Å². The highest BCUT2D eigenvalue weighted by molar-refractivity contribution is 6.02. The highest BCUT2D eigenvalue weighted by Gasteiger charge is 2.13. The highest BCUT2D eigenvalue weighted by Crippen LogP contribution is 2.29. The normalized spacial score (nSPS) is 10.9. The fourth-order valence-corrected chi connectivity index (χ4v) is 2.64. The lowest BCUT2D eigenvalue weighted by atomic mass is 10.2. The van der Waals surface area contributed by atoms with Gasteiger partial charge in [0.1, 0.15) is 17.9 Å². The number of ether oxygens (including phenoxy) is 3. The van der Waals surface area contributed by atoms with Gasteiger partial charge in [0.2, 0.25) is 0 Å². The Morgan fingerprint density at radius 2 is 2.04 bits per heavy atom. The molecule has 0 radical (unpaired) electrons. The van der Waals surface area contributed by atoms with Gasteiger partial charge >= 0.3 is 5.97 Å². The smallest absolute Gasteiger partial charge is 0.340 e. The largest absolute Gasteiger partial charge is 0.493 e. The first-order valence-electron chi connectivity index (χ1n) is 8.33. The third kappa shape index (κ3) is 4.00. The Hall–Kier alpha value is -3.54. The maximum Gasteiger partial charge on any atom is 0.340 e. The van der Waals surface area contributed by atoms with Crippen molar-refractivity contribution in [3.63, 3.8) is 0 Å². The summed E-state index contributed by atoms with van der Waals surface area (Å²) in [7, 11) is 2.95. The Balaban J connectivity index is 1.87. The van der Waals surface area contributed by atoms with E-state index in [-0.39, 0.29) is 0 Å². The lowest BCUT2D eigenvalue weighted by Gasteiger charge is -2.09. The number of hydrogen-bond donors (Lipinski definition) is 1. The van der Waals surface area contributed by atoms with Gasteiger partial charge in [0.25, 0.3) is 0 Å². The number of rotatable bonds is 7. The molecule has 0 saturated carbocycles. The third-order valence-electron chi connectivity index (χ3n) is 3.91. The second-order valence-electron chi connectivity index (χ2n) is 5.66. The molecule has 0 aliphatic heterocycles. The average molecular weight is 364 g/mol. The molecule has 0 bridgehead atoms. The van der Waals surface area contributed by atoms with E-state index in [0.717, 1.165) is 11.1 Å². The number of benzene rings is 2. The van der Waals surface area contributed by atoms with Gasteiger partial charge in [0.15, 0.2) is 11.5 Å². The maximum absolute atomic E-state index is 11.9. The first kappa shape index (κ1) is 18.3. The van der Waals surface area contributed by atoms with Crippen molar-refractivity contribution in [3.05, 3.63) is 66.0 Å². The molecule has 0 aliphatic rings. The molecule has 1 heterocycles. The molecule has 6 nitrogen and oxygen atoms in total. The van der Waals surface area contributed by atoms with Gasteiger partial charge in [0.05, 0.1) is 25.3 Å². The summed E-state index contributed by atoms with van der Waals surface area (Å²) in [5.74, 6) is 1.51. The number of H-pyrrole nitrogens is 1. The van der Waals surface area contributed by atoms with E-state index in [4.69, 9.17) is 14.2 Å². The number of carbonyl (C=O) groups is 1. The van der Waals surface area contributed by atoms with Crippen LogP contribution >= 0.6 is 0 Å². The summed E-state index contributed by atoms with van der Waals surface area (Å²) in [6.45, 7) is 4.05. The topological polar surface area (TPSA) is 73.4 Å². The molecule has 1 aromatic heterocycles. The van der Waals surface area contributed by atoms with Crippen LogP contribution in [-0.2, 0) is 4.74 Å². The van der Waals surface area contributed by atoms with Crippen molar-refractivity contribution in [2.24, 2.45) is 0 Å². The van der Waals surface area contributed by atoms with Crippen molar-refractivity contribution < 1.29 is 19.0 Å². The molecular formula is C21H20N2O4. The third-order valence-corrected chi connectivity index (χ3v) is 3.91. The lowest BCUT2D eigenvalue weighted by molar-refractivity contribution is 0.0603. The number of aromatic amines is 1. The van der Waals surface area contributed by atoms with E-state index in [2.05, 4.69) is 16.5 Å². The van der Waals surface area contributed by atoms with Crippen LogP contribution in [0.3, 0.4) is 0 Å². The molecule has 0 saturated heterocycles. The Bertz CT molecular complexity index is 1000. The number of nitrogens with one attached hydrogen (secondary N) is 1. The van der Waals surface area contributed by atoms with Crippen molar-refractivity contribution in [1.82, 2.24) is 9.97 Å². The van der Waals surface area contributed by atoms with Crippen molar-refractivity contribution in [2.75, 3.05) is 20.8 Å². The summed E-state index contributed by atoms with van der Waals surface area (Å²) in [5, 5.41) is 0. The molecule has 27 heavy (non-hydrogen) atoms. The summed E-state index contributed by atoms with van der Waals surface area (Å²) >= 11 is 0. The number of methoxy groups -OCH3 is 2. The molecule has 0 unspecified atom stereocenters. The van der Waals surface area contributed by atoms with Crippen molar-refractivity contribution in [1.29, 1.82) is 0 Å². The van der Waals surface area contributed by atoms with Crippen LogP contribution in [0.2, 0.25) is 0 Å². The van der Waals surface area contributed by atoms with Gasteiger partial charge in [-0.05, 0) is 35.9 Å². The summed E-state index contributed by atoms with van der Waals surface area (Å²) in [4.78, 5) is 19.5. The Morgan fingerprint density at radius 3 is 2.78 bits per heavy atom. The van der Waals surface area contributed by atoms with E-state index in [1.165, 1.54) is 7.11 Å². The van der Waals surface area contributed by atoms with Gasteiger partial charge in [-0.3, -0.25) is 0 Å². The van der Waals surface area contributed by atoms with Crippen LogP contribution in [0.1, 0.15) is 21.7 Å². The van der Waals surface area contributed by atoms with E-state index in [9.17, 15) is 4.79 Å². The van der Waals surface area contributed by atoms with E-state index < -0.39 is 5.97 Å². The van der Waals surface area contributed by atoms with Crippen LogP contribution in [0.25, 0.3) is 23.2 Å². The highest BCUT2D eigenvalue weighted by atomic mass is 16.5. The van der Waals surface area contributed by atoms with Crippen LogP contribution in [0.5, 0.6) is 11.5 Å². The van der Waals surface area contributed by atoms with Gasteiger partial charge < -0.3 is 19.2 Å². The fraction of sp³-hybridized carbons (Fsp3) is 0.143. The summed E-state index contributed by atoms with van der Waals surface area (Å²) < 4.78 is 15.7. The second-order valence-corrected chi connectivity index (χ2v) is 5.66. The van der Waals surface area contributed by atoms with Gasteiger partial charge in [-0.1, -0.05) is 30.9 Å². The molecule has 3 rings (SSSR count). The number of carbonyl (C=O) groups excluding carboxylic acids is 1. The first-order valence-corrected chi connectivity index (χ1v) is 8.33. The minimum absolute atomic E-state index is 0.410. The van der Waals surface area contributed by atoms with Crippen LogP contribution in [0, 0.1) is 0 Å². The predicted octanol–water partition coefficient (Wildman–Crippen LogP) is 4.09. The zero-order chi connectivity index (χ0) is 19.2. The van der Waals surface area contributed by atoms with Crippen LogP contribution in [0.4, 0.5) is 0 Å². The number of esters is 1. The molecule has 2 aromatic carbocycles. The van der Waals surface area contributed by atoms with Crippen LogP contribution < -0.4 is 9.47 Å². The molecule has 0 fully saturated rings. The Kier molecular flexibility index (Phi) is 5.56. The minimum atomic E-state index is -0.414. The summed E-state index contributed by atoms with van der Waals surface area (Å²) in [6.07, 6.45) is 5.41. The molecule has 3 aromatic rings. The zero-order valence-corrected chi connectivity index (χ0v) is 15.2. The summed E-state index contributed by atoms with van der Waals surface area (Å²) in [6, 6.07) is 11.0. The quantitative estimate of drug-likeness (QED) is 0.505. The number of aromatic nitrogens is 2. The van der Waals surface area contributed by atoms with E-state index in [1.54, 1.807) is 25.3 Å². The first-order chi connectivity index (χ1) is 13.2. The Morgan fingerprint density at radius 1 is 1.19 bits per heavy atom. The molecule has 0 amide bonds. The second kappa shape index (κ2) is 8.23. The fourth-order valence-electron chi connectivity index (χ4n) is 2.64. The standard InChI is InChI=1S/C21H20N2O4/c1-4-12-27-17-10-8-14(13-18(17)25-2)9-11-19-22-16-7-5-6-15(20(16)23-19)21(24)26-3/h4-11,13H,1,12H2,2-3H3,(H,22,23)/b11-9+. The molecule has 138 valence electrons. The number of nitrogens with zero attached hydrogens (tertiary/aromatic N) is 1. The molecule has 6 heteroatoms. The van der Waals surface area contributed by atoms with Gasteiger partial charge in [-0.2, -0.15) is 0 Å².